The number of para-hydroxylation sites is 1. The van der Waals surface area contributed by atoms with Crippen molar-refractivity contribution < 1.29 is 27.4 Å². The molecule has 180 valence electrons. The van der Waals surface area contributed by atoms with Crippen molar-refractivity contribution in [3.05, 3.63) is 48.0 Å². The number of carbonyl (C=O) groups excluding carboxylic acids is 1. The van der Waals surface area contributed by atoms with Gasteiger partial charge in [-0.1, -0.05) is 32.0 Å². The van der Waals surface area contributed by atoms with Crippen molar-refractivity contribution in [1.29, 1.82) is 0 Å². The molecule has 8 nitrogen and oxygen atoms in total. The number of sulfonamides is 1. The first-order valence-corrected chi connectivity index (χ1v) is 12.6. The molecule has 1 amide bonds. The number of fused-ring (bicyclic) bond motifs is 1. The zero-order valence-corrected chi connectivity index (χ0v) is 20.4. The van der Waals surface area contributed by atoms with Crippen molar-refractivity contribution in [2.45, 2.75) is 44.7 Å². The van der Waals surface area contributed by atoms with Gasteiger partial charge in [0.05, 0.1) is 24.7 Å². The van der Waals surface area contributed by atoms with Gasteiger partial charge in [-0.25, -0.2) is 8.42 Å². The summed E-state index contributed by atoms with van der Waals surface area (Å²) in [5.74, 6) is 1.00. The Kier molecular flexibility index (Phi) is 8.20. The number of rotatable bonds is 9. The average molecular weight is 477 g/mol. The fraction of sp³-hybridized carbons (Fsp3) is 0.458. The van der Waals surface area contributed by atoms with E-state index < -0.39 is 16.1 Å². The monoisotopic (exact) mass is 476 g/mol. The Labute approximate surface area is 195 Å². The second-order valence-electron chi connectivity index (χ2n) is 8.24. The van der Waals surface area contributed by atoms with Gasteiger partial charge in [0.2, 0.25) is 15.9 Å². The number of likely N-dealkylation sites (N-methyl/N-ethyl adjacent to an activating group) is 1. The van der Waals surface area contributed by atoms with E-state index in [2.05, 4.69) is 4.72 Å². The molecule has 0 aromatic heterocycles. The van der Waals surface area contributed by atoms with Crippen molar-refractivity contribution in [1.82, 2.24) is 9.62 Å². The molecule has 0 aliphatic carbocycles. The van der Waals surface area contributed by atoms with Crippen molar-refractivity contribution in [2.24, 2.45) is 5.92 Å². The van der Waals surface area contributed by atoms with Gasteiger partial charge in [0.25, 0.3) is 0 Å². The van der Waals surface area contributed by atoms with Crippen LogP contribution in [0.1, 0.15) is 32.8 Å². The van der Waals surface area contributed by atoms with Crippen molar-refractivity contribution >= 4 is 15.9 Å². The molecule has 2 aromatic carbocycles. The number of amides is 1. The Morgan fingerprint density at radius 1 is 1.12 bits per heavy atom. The summed E-state index contributed by atoms with van der Waals surface area (Å²) in [4.78, 5) is 14.8. The maximum absolute atomic E-state index is 13.3. The fourth-order valence-electron chi connectivity index (χ4n) is 3.52. The zero-order chi connectivity index (χ0) is 24.0. The van der Waals surface area contributed by atoms with Gasteiger partial charge in [-0.05, 0) is 31.0 Å². The third-order valence-corrected chi connectivity index (χ3v) is 6.74. The molecule has 1 unspecified atom stereocenters. The van der Waals surface area contributed by atoms with Gasteiger partial charge < -0.3 is 19.1 Å². The Bertz CT molecular complexity index is 1070. The Balaban J connectivity index is 1.78. The summed E-state index contributed by atoms with van der Waals surface area (Å²) in [5, 5.41) is 0. The average Bonchev–Trinajstić information content (AvgIpc) is 3.03. The molecule has 3 rings (SSSR count). The molecule has 1 heterocycles. The highest BCUT2D eigenvalue weighted by molar-refractivity contribution is 7.89. The number of ether oxygens (including phenoxy) is 3. The molecule has 1 aliphatic heterocycles. The first kappa shape index (κ1) is 24.9. The topological polar surface area (TPSA) is 94.2 Å². The van der Waals surface area contributed by atoms with Crippen LogP contribution in [0.5, 0.6) is 17.2 Å². The number of nitrogens with zero attached hydrogens (tertiary/aromatic N) is 1. The summed E-state index contributed by atoms with van der Waals surface area (Å²) in [6, 6.07) is 11.0. The van der Waals surface area contributed by atoms with Gasteiger partial charge in [-0.2, -0.15) is 4.72 Å². The minimum atomic E-state index is -3.98. The molecule has 33 heavy (non-hydrogen) atoms. The van der Waals surface area contributed by atoms with E-state index in [1.165, 1.54) is 17.0 Å². The quantitative estimate of drug-likeness (QED) is 0.597. The van der Waals surface area contributed by atoms with Crippen LogP contribution in [0.25, 0.3) is 0 Å². The van der Waals surface area contributed by atoms with E-state index in [0.29, 0.717) is 43.6 Å². The molecule has 1 atom stereocenters. The van der Waals surface area contributed by atoms with Gasteiger partial charge in [0.15, 0.2) is 11.5 Å². The van der Waals surface area contributed by atoms with Crippen LogP contribution in [0, 0.1) is 5.92 Å². The molecule has 0 radical (unpaired) electrons. The summed E-state index contributed by atoms with van der Waals surface area (Å²) in [6.45, 7) is 7.28. The van der Waals surface area contributed by atoms with Crippen LogP contribution in [0.3, 0.4) is 0 Å². The number of hydrogen-bond acceptors (Lipinski definition) is 6. The first-order valence-electron chi connectivity index (χ1n) is 11.1. The van der Waals surface area contributed by atoms with Gasteiger partial charge in [0, 0.05) is 31.6 Å². The van der Waals surface area contributed by atoms with Gasteiger partial charge in [0.1, 0.15) is 11.8 Å². The maximum atomic E-state index is 13.3. The van der Waals surface area contributed by atoms with Gasteiger partial charge in [-0.15, -0.1) is 0 Å². The maximum Gasteiger partial charge on any atom is 0.241 e. The highest BCUT2D eigenvalue weighted by Crippen LogP contribution is 2.32. The predicted molar refractivity (Wildman–Crippen MR) is 125 cm³/mol. The summed E-state index contributed by atoms with van der Waals surface area (Å²) in [7, 11) is -2.32. The fourth-order valence-corrected chi connectivity index (χ4v) is 4.87. The van der Waals surface area contributed by atoms with E-state index in [1.807, 2.05) is 31.2 Å². The van der Waals surface area contributed by atoms with E-state index in [-0.39, 0.29) is 16.7 Å². The second-order valence-corrected chi connectivity index (χ2v) is 9.95. The smallest absolute Gasteiger partial charge is 0.241 e. The molecule has 0 saturated carbocycles. The normalized spacial score (nSPS) is 14.5. The summed E-state index contributed by atoms with van der Waals surface area (Å²) >= 11 is 0. The van der Waals surface area contributed by atoms with Crippen molar-refractivity contribution in [3.63, 3.8) is 0 Å². The predicted octanol–water partition coefficient (Wildman–Crippen LogP) is 3.21. The van der Waals surface area contributed by atoms with Crippen LogP contribution in [-0.4, -0.2) is 52.1 Å². The molecular formula is C24H32N2O6S. The lowest BCUT2D eigenvalue weighted by Crippen LogP contribution is -2.49. The molecule has 9 heteroatoms. The molecule has 1 aliphatic rings. The third-order valence-electron chi connectivity index (χ3n) is 5.30. The van der Waals surface area contributed by atoms with E-state index in [4.69, 9.17) is 14.2 Å². The highest BCUT2D eigenvalue weighted by Gasteiger charge is 2.31. The Hall–Kier alpha value is -2.78. The number of benzene rings is 2. The SMILES string of the molecule is CCOc1ccccc1CN(C)C(=O)C(NS(=O)(=O)c1ccc2c(c1)OCCCO2)C(C)C. The zero-order valence-electron chi connectivity index (χ0n) is 19.5. The molecule has 1 N–H and O–H groups in total. The van der Waals surface area contributed by atoms with Gasteiger partial charge >= 0.3 is 0 Å². The number of carbonyl (C=O) groups is 1. The van der Waals surface area contributed by atoms with Crippen LogP contribution in [0.4, 0.5) is 0 Å². The summed E-state index contributed by atoms with van der Waals surface area (Å²) < 4.78 is 45.7. The molecule has 0 bridgehead atoms. The molecule has 0 spiro atoms. The summed E-state index contributed by atoms with van der Waals surface area (Å²) in [6.07, 6.45) is 0.720. The van der Waals surface area contributed by atoms with E-state index in [1.54, 1.807) is 27.0 Å². The highest BCUT2D eigenvalue weighted by atomic mass is 32.2. The molecule has 0 saturated heterocycles. The second kappa shape index (κ2) is 10.9. The lowest BCUT2D eigenvalue weighted by molar-refractivity contribution is -0.133. The molecular weight excluding hydrogens is 444 g/mol. The number of nitrogens with one attached hydrogen (secondary N) is 1. The minimum Gasteiger partial charge on any atom is -0.494 e. The molecule has 2 aromatic rings. The van der Waals surface area contributed by atoms with Crippen LogP contribution >= 0.6 is 0 Å². The van der Waals surface area contributed by atoms with Crippen LogP contribution in [0.2, 0.25) is 0 Å². The van der Waals surface area contributed by atoms with E-state index >= 15 is 0 Å². The van der Waals surface area contributed by atoms with Crippen LogP contribution in [0.15, 0.2) is 47.4 Å². The Morgan fingerprint density at radius 2 is 1.82 bits per heavy atom. The van der Waals surface area contributed by atoms with E-state index in [0.717, 1.165) is 12.0 Å². The lowest BCUT2D eigenvalue weighted by Gasteiger charge is -2.27. The first-order chi connectivity index (χ1) is 15.7. The van der Waals surface area contributed by atoms with Gasteiger partial charge in [-0.3, -0.25) is 4.79 Å². The third kappa shape index (κ3) is 6.17. The van der Waals surface area contributed by atoms with Crippen molar-refractivity contribution in [3.8, 4) is 17.2 Å². The van der Waals surface area contributed by atoms with Crippen LogP contribution < -0.4 is 18.9 Å². The Morgan fingerprint density at radius 3 is 2.52 bits per heavy atom. The minimum absolute atomic E-state index is 0.0227. The lowest BCUT2D eigenvalue weighted by atomic mass is 10.0. The largest absolute Gasteiger partial charge is 0.494 e. The molecule has 0 fully saturated rings. The summed E-state index contributed by atoms with van der Waals surface area (Å²) in [5.41, 5.74) is 0.850. The van der Waals surface area contributed by atoms with E-state index in [9.17, 15) is 13.2 Å². The standard InChI is InChI=1S/C24H32N2O6S/c1-5-30-20-10-7-6-9-18(20)16-26(4)24(27)23(17(2)3)25-33(28,29)19-11-12-21-22(15-19)32-14-8-13-31-21/h6-7,9-12,15,17,23,25H,5,8,13-14,16H2,1-4H3. The van der Waals surface area contributed by atoms with Crippen LogP contribution in [-0.2, 0) is 21.4 Å². The van der Waals surface area contributed by atoms with Crippen molar-refractivity contribution in [2.75, 3.05) is 26.9 Å². The number of hydrogen-bond donors (Lipinski definition) is 1.